The van der Waals surface area contributed by atoms with E-state index in [1.54, 1.807) is 4.31 Å². The molecule has 1 saturated heterocycles. The number of sulfonamides is 1. The van der Waals surface area contributed by atoms with E-state index in [1.165, 1.54) is 16.3 Å². The molecular weight excluding hydrogens is 482 g/mol. The Morgan fingerprint density at radius 3 is 2.30 bits per heavy atom. The van der Waals surface area contributed by atoms with Gasteiger partial charge in [0.05, 0.1) is 18.1 Å². The van der Waals surface area contributed by atoms with Crippen LogP contribution in [0.15, 0.2) is 91.1 Å². The molecule has 6 nitrogen and oxygen atoms in total. The Bertz CT molecular complexity index is 1400. The molecule has 1 aromatic heterocycles. The van der Waals surface area contributed by atoms with Crippen molar-refractivity contribution in [1.29, 1.82) is 0 Å². The molecule has 0 atom stereocenters. The minimum absolute atomic E-state index is 0.108. The highest BCUT2D eigenvalue weighted by atomic mass is 32.2. The fourth-order valence-corrected chi connectivity index (χ4v) is 6.25. The summed E-state index contributed by atoms with van der Waals surface area (Å²) < 4.78 is 33.1. The number of fused-ring (bicyclic) bond motifs is 1. The monoisotopic (exact) mass is 515 g/mol. The highest BCUT2D eigenvalue weighted by Gasteiger charge is 2.26. The van der Waals surface area contributed by atoms with Crippen molar-refractivity contribution in [3.63, 3.8) is 0 Å². The van der Waals surface area contributed by atoms with Crippen molar-refractivity contribution < 1.29 is 13.2 Å². The molecule has 0 radical (unpaired) electrons. The molecule has 192 valence electrons. The van der Waals surface area contributed by atoms with Crippen LogP contribution in [0, 0.1) is 0 Å². The van der Waals surface area contributed by atoms with Crippen LogP contribution in [0.2, 0.25) is 0 Å². The van der Waals surface area contributed by atoms with Gasteiger partial charge in [-0.25, -0.2) is 8.42 Å². The average molecular weight is 516 g/mol. The Kier molecular flexibility index (Phi) is 8.14. The summed E-state index contributed by atoms with van der Waals surface area (Å²) in [5.41, 5.74) is 3.47. The average Bonchev–Trinajstić information content (AvgIpc) is 2.93. The zero-order chi connectivity index (χ0) is 25.5. The standard InChI is InChI=1S/C30H33N3O3S/c34-37(35,33-19-17-32(18-20-33)24-26-7-2-1-3-8-26)22-6-21-36-28-13-11-25(12-14-28)23-30-29-10-5-4-9-27(29)15-16-31-30/h1-5,7-16H,6,17-24H2. The zero-order valence-corrected chi connectivity index (χ0v) is 21.8. The number of nitrogens with zero attached hydrogens (tertiary/aromatic N) is 3. The van der Waals surface area contributed by atoms with E-state index in [2.05, 4.69) is 34.1 Å². The lowest BCUT2D eigenvalue weighted by Crippen LogP contribution is -2.48. The van der Waals surface area contributed by atoms with E-state index >= 15 is 0 Å². The van der Waals surface area contributed by atoms with E-state index in [0.29, 0.717) is 26.1 Å². The van der Waals surface area contributed by atoms with Gasteiger partial charge in [-0.1, -0.05) is 66.7 Å². The van der Waals surface area contributed by atoms with Crippen LogP contribution in [0.3, 0.4) is 0 Å². The molecule has 2 heterocycles. The van der Waals surface area contributed by atoms with Gasteiger partial charge in [-0.05, 0) is 41.1 Å². The second-order valence-corrected chi connectivity index (χ2v) is 11.6. The van der Waals surface area contributed by atoms with Gasteiger partial charge in [0.1, 0.15) is 5.75 Å². The molecule has 1 aliphatic heterocycles. The summed E-state index contributed by atoms with van der Waals surface area (Å²) in [5.74, 6) is 0.859. The number of rotatable bonds is 10. The quantitative estimate of drug-likeness (QED) is 0.286. The second-order valence-electron chi connectivity index (χ2n) is 9.48. The van der Waals surface area contributed by atoms with Crippen molar-refractivity contribution >= 4 is 20.8 Å². The van der Waals surface area contributed by atoms with Crippen molar-refractivity contribution in [2.75, 3.05) is 38.5 Å². The number of hydrogen-bond acceptors (Lipinski definition) is 5. The Morgan fingerprint density at radius 2 is 1.51 bits per heavy atom. The molecule has 0 N–H and O–H groups in total. The molecule has 0 unspecified atom stereocenters. The maximum Gasteiger partial charge on any atom is 0.214 e. The topological polar surface area (TPSA) is 62.7 Å². The predicted molar refractivity (Wildman–Crippen MR) is 148 cm³/mol. The van der Waals surface area contributed by atoms with Crippen LogP contribution in [-0.2, 0) is 23.0 Å². The molecule has 0 saturated carbocycles. The molecule has 1 fully saturated rings. The molecule has 0 aliphatic carbocycles. The van der Waals surface area contributed by atoms with Gasteiger partial charge in [-0.15, -0.1) is 0 Å². The smallest absolute Gasteiger partial charge is 0.214 e. The van der Waals surface area contributed by atoms with Crippen molar-refractivity contribution in [3.05, 3.63) is 108 Å². The van der Waals surface area contributed by atoms with Gasteiger partial charge in [0.2, 0.25) is 10.0 Å². The number of pyridine rings is 1. The number of piperazine rings is 1. The Balaban J connectivity index is 1.05. The largest absolute Gasteiger partial charge is 0.494 e. The minimum atomic E-state index is -3.27. The first kappa shape index (κ1) is 25.4. The van der Waals surface area contributed by atoms with Crippen LogP contribution in [0.5, 0.6) is 5.75 Å². The molecule has 0 bridgehead atoms. The minimum Gasteiger partial charge on any atom is -0.494 e. The first-order valence-corrected chi connectivity index (χ1v) is 14.5. The van der Waals surface area contributed by atoms with Crippen molar-refractivity contribution in [2.24, 2.45) is 0 Å². The summed E-state index contributed by atoms with van der Waals surface area (Å²) in [4.78, 5) is 6.88. The van der Waals surface area contributed by atoms with E-state index in [4.69, 9.17) is 4.74 Å². The summed E-state index contributed by atoms with van der Waals surface area (Å²) in [6, 6.07) is 28.6. The van der Waals surface area contributed by atoms with Gasteiger partial charge in [-0.2, -0.15) is 4.31 Å². The highest BCUT2D eigenvalue weighted by Crippen LogP contribution is 2.21. The normalized spacial score (nSPS) is 15.1. The zero-order valence-electron chi connectivity index (χ0n) is 21.0. The van der Waals surface area contributed by atoms with E-state index in [-0.39, 0.29) is 5.75 Å². The molecule has 7 heteroatoms. The third-order valence-corrected chi connectivity index (χ3v) is 8.80. The van der Waals surface area contributed by atoms with Gasteiger partial charge in [0.15, 0.2) is 0 Å². The summed E-state index contributed by atoms with van der Waals surface area (Å²) in [6.45, 7) is 3.83. The first-order chi connectivity index (χ1) is 18.1. The summed E-state index contributed by atoms with van der Waals surface area (Å²) in [6.07, 6.45) is 3.07. The van der Waals surface area contributed by atoms with E-state index in [0.717, 1.165) is 43.1 Å². The molecule has 37 heavy (non-hydrogen) atoms. The van der Waals surface area contributed by atoms with Gasteiger partial charge in [0, 0.05) is 50.7 Å². The number of ether oxygens (including phenoxy) is 1. The Labute approximate surface area is 219 Å². The van der Waals surface area contributed by atoms with Crippen LogP contribution in [0.1, 0.15) is 23.2 Å². The second kappa shape index (κ2) is 11.9. The van der Waals surface area contributed by atoms with Gasteiger partial charge in [0.25, 0.3) is 0 Å². The summed E-state index contributed by atoms with van der Waals surface area (Å²) in [7, 11) is -3.27. The number of aromatic nitrogens is 1. The third-order valence-electron chi connectivity index (χ3n) is 6.84. The maximum atomic E-state index is 12.8. The van der Waals surface area contributed by atoms with Crippen LogP contribution < -0.4 is 4.74 Å². The summed E-state index contributed by atoms with van der Waals surface area (Å²) in [5, 5.41) is 2.36. The van der Waals surface area contributed by atoms with E-state index < -0.39 is 10.0 Å². The number of benzene rings is 3. The van der Waals surface area contributed by atoms with Gasteiger partial charge >= 0.3 is 0 Å². The number of hydrogen-bond donors (Lipinski definition) is 0. The van der Waals surface area contributed by atoms with Crippen LogP contribution in [0.25, 0.3) is 10.8 Å². The maximum absolute atomic E-state index is 12.8. The molecule has 4 aromatic rings. The lowest BCUT2D eigenvalue weighted by molar-refractivity contribution is 0.181. The van der Waals surface area contributed by atoms with Gasteiger partial charge < -0.3 is 4.74 Å². The first-order valence-electron chi connectivity index (χ1n) is 12.9. The molecule has 1 aliphatic rings. The molecule has 0 amide bonds. The molecule has 0 spiro atoms. The van der Waals surface area contributed by atoms with Crippen LogP contribution in [0.4, 0.5) is 0 Å². The molecular formula is C30H33N3O3S. The van der Waals surface area contributed by atoms with Gasteiger partial charge in [-0.3, -0.25) is 9.88 Å². The van der Waals surface area contributed by atoms with E-state index in [1.807, 2.05) is 66.9 Å². The van der Waals surface area contributed by atoms with Crippen molar-refractivity contribution in [3.8, 4) is 5.75 Å². The molecule has 3 aromatic carbocycles. The molecule has 5 rings (SSSR count). The highest BCUT2D eigenvalue weighted by molar-refractivity contribution is 7.89. The third kappa shape index (κ3) is 6.74. The summed E-state index contributed by atoms with van der Waals surface area (Å²) >= 11 is 0. The SMILES string of the molecule is O=S(=O)(CCCOc1ccc(Cc2nccc3ccccc23)cc1)N1CCN(Cc2ccccc2)CC1. The van der Waals surface area contributed by atoms with Crippen LogP contribution >= 0.6 is 0 Å². The van der Waals surface area contributed by atoms with Crippen molar-refractivity contribution in [2.45, 2.75) is 19.4 Å². The Hall–Kier alpha value is -3.26. The fraction of sp³-hybridized carbons (Fsp3) is 0.300. The Morgan fingerprint density at radius 1 is 0.784 bits per heavy atom. The predicted octanol–water partition coefficient (Wildman–Crippen LogP) is 4.74. The lowest BCUT2D eigenvalue weighted by atomic mass is 10.0. The van der Waals surface area contributed by atoms with Crippen LogP contribution in [-0.4, -0.2) is 61.1 Å². The van der Waals surface area contributed by atoms with E-state index in [9.17, 15) is 8.42 Å². The lowest BCUT2D eigenvalue weighted by Gasteiger charge is -2.34. The van der Waals surface area contributed by atoms with Crippen molar-refractivity contribution in [1.82, 2.24) is 14.2 Å². The fourth-order valence-electron chi connectivity index (χ4n) is 4.79.